The first-order valence-corrected chi connectivity index (χ1v) is 11.3. The van der Waals surface area contributed by atoms with Crippen LogP contribution in [-0.4, -0.2) is 55.8 Å². The van der Waals surface area contributed by atoms with Crippen molar-refractivity contribution in [1.29, 1.82) is 0 Å². The number of sulfonamides is 1. The van der Waals surface area contributed by atoms with E-state index in [4.69, 9.17) is 4.74 Å². The van der Waals surface area contributed by atoms with E-state index in [0.29, 0.717) is 30.2 Å². The van der Waals surface area contributed by atoms with Gasteiger partial charge in [-0.1, -0.05) is 31.2 Å². The summed E-state index contributed by atoms with van der Waals surface area (Å²) >= 11 is 0. The third-order valence-electron chi connectivity index (χ3n) is 5.33. The zero-order chi connectivity index (χ0) is 21.0. The Morgan fingerprint density at radius 2 is 1.66 bits per heavy atom. The second-order valence-corrected chi connectivity index (χ2v) is 9.24. The van der Waals surface area contributed by atoms with Crippen molar-refractivity contribution in [2.75, 3.05) is 26.2 Å². The number of piperazine rings is 1. The fraction of sp³-hybridized carbons (Fsp3) is 0.409. The Kier molecular flexibility index (Phi) is 6.59. The summed E-state index contributed by atoms with van der Waals surface area (Å²) in [6.45, 7) is 7.05. The van der Waals surface area contributed by atoms with E-state index in [1.54, 1.807) is 17.0 Å². The quantitative estimate of drug-likeness (QED) is 0.726. The molecule has 1 fully saturated rings. The number of ether oxygens (including phenoxy) is 1. The molecule has 0 spiro atoms. The van der Waals surface area contributed by atoms with Gasteiger partial charge in [-0.2, -0.15) is 4.31 Å². The topological polar surface area (TPSA) is 66.9 Å². The molecule has 1 aliphatic heterocycles. The molecule has 6 nitrogen and oxygen atoms in total. The normalized spacial score (nSPS) is 16.4. The van der Waals surface area contributed by atoms with Gasteiger partial charge in [-0.25, -0.2) is 8.42 Å². The molecule has 156 valence electrons. The Morgan fingerprint density at radius 1 is 1.00 bits per heavy atom. The van der Waals surface area contributed by atoms with Crippen molar-refractivity contribution in [3.05, 3.63) is 59.7 Å². The number of hydrogen-bond acceptors (Lipinski definition) is 4. The van der Waals surface area contributed by atoms with Crippen molar-refractivity contribution in [3.8, 4) is 5.75 Å². The Balaban J connectivity index is 1.64. The summed E-state index contributed by atoms with van der Waals surface area (Å²) in [7, 11) is -3.56. The van der Waals surface area contributed by atoms with Crippen molar-refractivity contribution in [2.45, 2.75) is 38.2 Å². The van der Waals surface area contributed by atoms with Gasteiger partial charge in [0.2, 0.25) is 10.0 Å². The van der Waals surface area contributed by atoms with Crippen molar-refractivity contribution in [2.24, 2.45) is 0 Å². The fourth-order valence-corrected chi connectivity index (χ4v) is 4.86. The molecule has 1 atom stereocenters. The average Bonchev–Trinajstić information content (AvgIpc) is 2.74. The van der Waals surface area contributed by atoms with Gasteiger partial charge in [0, 0.05) is 26.2 Å². The average molecular weight is 417 g/mol. The maximum absolute atomic E-state index is 13.0. The molecule has 0 saturated carbocycles. The predicted molar refractivity (Wildman–Crippen MR) is 112 cm³/mol. The molecule has 2 aromatic carbocycles. The monoisotopic (exact) mass is 416 g/mol. The highest BCUT2D eigenvalue weighted by molar-refractivity contribution is 7.89. The van der Waals surface area contributed by atoms with E-state index in [2.05, 4.69) is 0 Å². The summed E-state index contributed by atoms with van der Waals surface area (Å²) in [6.07, 6.45) is -0.0187. The lowest BCUT2D eigenvalue weighted by atomic mass is 10.1. The second-order valence-electron chi connectivity index (χ2n) is 7.30. The van der Waals surface area contributed by atoms with Crippen molar-refractivity contribution >= 4 is 15.9 Å². The number of hydrogen-bond donors (Lipinski definition) is 0. The zero-order valence-corrected chi connectivity index (χ0v) is 18.0. The Bertz CT molecular complexity index is 952. The van der Waals surface area contributed by atoms with E-state index >= 15 is 0 Å². The molecule has 0 unspecified atom stereocenters. The molecule has 0 bridgehead atoms. The Hall–Kier alpha value is -2.38. The fourth-order valence-electron chi connectivity index (χ4n) is 3.35. The summed E-state index contributed by atoms with van der Waals surface area (Å²) in [5.41, 5.74) is 2.01. The van der Waals surface area contributed by atoms with Crippen molar-refractivity contribution in [3.63, 3.8) is 0 Å². The van der Waals surface area contributed by atoms with E-state index in [1.165, 1.54) is 4.31 Å². The van der Waals surface area contributed by atoms with Gasteiger partial charge in [0.15, 0.2) is 6.10 Å². The molecule has 1 amide bonds. The van der Waals surface area contributed by atoms with Crippen LogP contribution in [0.25, 0.3) is 0 Å². The summed E-state index contributed by atoms with van der Waals surface area (Å²) in [5.74, 6) is 0.559. The van der Waals surface area contributed by atoms with Gasteiger partial charge < -0.3 is 9.64 Å². The summed E-state index contributed by atoms with van der Waals surface area (Å²) in [4.78, 5) is 14.9. The van der Waals surface area contributed by atoms with Crippen LogP contribution < -0.4 is 4.74 Å². The van der Waals surface area contributed by atoms with Gasteiger partial charge in [-0.05, 0) is 55.7 Å². The highest BCUT2D eigenvalue weighted by Crippen LogP contribution is 2.21. The highest BCUT2D eigenvalue weighted by atomic mass is 32.2. The zero-order valence-electron chi connectivity index (χ0n) is 17.2. The van der Waals surface area contributed by atoms with Crippen molar-refractivity contribution in [1.82, 2.24) is 9.21 Å². The van der Waals surface area contributed by atoms with Gasteiger partial charge in [-0.3, -0.25) is 4.79 Å². The molecule has 7 heteroatoms. The Morgan fingerprint density at radius 3 is 2.24 bits per heavy atom. The maximum Gasteiger partial charge on any atom is 0.263 e. The molecule has 0 aromatic heterocycles. The van der Waals surface area contributed by atoms with Crippen LogP contribution in [0.2, 0.25) is 0 Å². The van der Waals surface area contributed by atoms with Crippen LogP contribution in [0.5, 0.6) is 5.75 Å². The molecule has 1 aliphatic rings. The first kappa shape index (κ1) is 21.3. The molecule has 3 rings (SSSR count). The largest absolute Gasteiger partial charge is 0.481 e. The van der Waals surface area contributed by atoms with E-state index in [0.717, 1.165) is 11.1 Å². The van der Waals surface area contributed by atoms with Crippen LogP contribution in [0.1, 0.15) is 24.5 Å². The minimum Gasteiger partial charge on any atom is -0.481 e. The van der Waals surface area contributed by atoms with E-state index in [-0.39, 0.29) is 19.0 Å². The molecular formula is C22H28N2O4S. The second kappa shape index (κ2) is 8.97. The van der Waals surface area contributed by atoms with Gasteiger partial charge in [0.25, 0.3) is 5.91 Å². The van der Waals surface area contributed by atoms with E-state index in [1.807, 2.05) is 57.2 Å². The first-order valence-electron chi connectivity index (χ1n) is 9.91. The van der Waals surface area contributed by atoms with Crippen LogP contribution in [0.3, 0.4) is 0 Å². The number of rotatable bonds is 6. The number of amides is 1. The van der Waals surface area contributed by atoms with E-state index < -0.39 is 16.1 Å². The van der Waals surface area contributed by atoms with Crippen LogP contribution >= 0.6 is 0 Å². The van der Waals surface area contributed by atoms with Crippen LogP contribution in [0, 0.1) is 13.8 Å². The number of carbonyl (C=O) groups is 1. The standard InChI is InChI=1S/C22H28N2O4S/c1-4-21(28-19-8-6-5-7-9-19)22(25)23-12-14-24(15-13-23)29(26,27)20-11-10-17(2)18(3)16-20/h5-11,16,21H,4,12-15H2,1-3H3/t21-/m1/s1. The third kappa shape index (κ3) is 4.79. The molecular weight excluding hydrogens is 388 g/mol. The minimum atomic E-state index is -3.56. The van der Waals surface area contributed by atoms with Crippen LogP contribution in [0.4, 0.5) is 0 Å². The highest BCUT2D eigenvalue weighted by Gasteiger charge is 2.32. The molecule has 1 saturated heterocycles. The SMILES string of the molecule is CC[C@@H](Oc1ccccc1)C(=O)N1CCN(S(=O)(=O)c2ccc(C)c(C)c2)CC1. The number of para-hydroxylation sites is 1. The van der Waals surface area contributed by atoms with Crippen LogP contribution in [-0.2, 0) is 14.8 Å². The van der Waals surface area contributed by atoms with Crippen LogP contribution in [0.15, 0.2) is 53.4 Å². The van der Waals surface area contributed by atoms with Gasteiger partial charge in [0.1, 0.15) is 5.75 Å². The summed E-state index contributed by atoms with van der Waals surface area (Å²) in [5, 5.41) is 0. The lowest BCUT2D eigenvalue weighted by Gasteiger charge is -2.35. The predicted octanol–water partition coefficient (Wildman–Crippen LogP) is 2.99. The molecule has 29 heavy (non-hydrogen) atoms. The smallest absolute Gasteiger partial charge is 0.263 e. The molecule has 0 N–H and O–H groups in total. The summed E-state index contributed by atoms with van der Waals surface area (Å²) in [6, 6.07) is 14.5. The van der Waals surface area contributed by atoms with Gasteiger partial charge >= 0.3 is 0 Å². The van der Waals surface area contributed by atoms with Crippen molar-refractivity contribution < 1.29 is 17.9 Å². The summed E-state index contributed by atoms with van der Waals surface area (Å²) < 4.78 is 33.2. The number of nitrogens with zero attached hydrogens (tertiary/aromatic N) is 2. The first-order chi connectivity index (χ1) is 13.8. The number of benzene rings is 2. The number of carbonyl (C=O) groups excluding carboxylic acids is 1. The Labute approximate surface area is 173 Å². The third-order valence-corrected chi connectivity index (χ3v) is 7.23. The van der Waals surface area contributed by atoms with Gasteiger partial charge in [0.05, 0.1) is 4.90 Å². The minimum absolute atomic E-state index is 0.0976. The molecule has 0 radical (unpaired) electrons. The lowest BCUT2D eigenvalue weighted by molar-refractivity contribution is -0.140. The molecule has 2 aromatic rings. The van der Waals surface area contributed by atoms with E-state index in [9.17, 15) is 13.2 Å². The maximum atomic E-state index is 13.0. The number of aryl methyl sites for hydroxylation is 2. The molecule has 1 heterocycles. The molecule has 0 aliphatic carbocycles. The lowest BCUT2D eigenvalue weighted by Crippen LogP contribution is -2.53. The van der Waals surface area contributed by atoms with Gasteiger partial charge in [-0.15, -0.1) is 0 Å².